The summed E-state index contributed by atoms with van der Waals surface area (Å²) in [5.74, 6) is -0.603. The minimum Gasteiger partial charge on any atom is -0.455 e. The Morgan fingerprint density at radius 3 is 1.16 bits per heavy atom. The summed E-state index contributed by atoms with van der Waals surface area (Å²) >= 11 is 0. The van der Waals surface area contributed by atoms with Gasteiger partial charge in [0.25, 0.3) is 0 Å². The molecule has 11 heteroatoms. The molecular weight excluding hydrogens is 584 g/mol. The van der Waals surface area contributed by atoms with Crippen molar-refractivity contribution in [3.8, 4) is 0 Å². The molecule has 2 N–H and O–H groups in total. The van der Waals surface area contributed by atoms with Crippen LogP contribution in [0.4, 0.5) is 0 Å². The van der Waals surface area contributed by atoms with E-state index in [9.17, 15) is 19.8 Å². The van der Waals surface area contributed by atoms with Crippen LogP contribution in [0.15, 0.2) is 23.3 Å². The number of unbranched alkanes of at least 4 members (excludes halogenated alkanes) is 6. The molecule has 4 atom stereocenters. The van der Waals surface area contributed by atoms with Gasteiger partial charge in [-0.15, -0.1) is 0 Å². The Hall–Kier alpha value is -1.86. The van der Waals surface area contributed by atoms with E-state index in [2.05, 4.69) is 0 Å². The Balaban J connectivity index is 1.20. The van der Waals surface area contributed by atoms with Crippen LogP contribution in [0, 0.1) is 0 Å². The first-order chi connectivity index (χ1) is 21.8. The van der Waals surface area contributed by atoms with Gasteiger partial charge in [0.2, 0.25) is 0 Å². The van der Waals surface area contributed by atoms with Crippen LogP contribution in [0.2, 0.25) is 0 Å². The molecule has 0 fully saturated rings. The van der Waals surface area contributed by atoms with E-state index in [4.69, 9.17) is 33.2 Å². The topological polar surface area (TPSA) is 139 Å². The van der Waals surface area contributed by atoms with Crippen molar-refractivity contribution in [1.82, 2.24) is 0 Å². The van der Waals surface area contributed by atoms with E-state index in [-0.39, 0.29) is 24.1 Å². The average molecular weight is 643 g/mol. The molecule has 11 nitrogen and oxygen atoms in total. The standard InChI is InChI=1S/C34H58O11/c1-27-23-29(33(37)44-27)25-31(35)11-7-3-5-9-13-39-15-17-41-19-21-43-22-20-42-18-16-40-14-10-6-4-8-12-32(36)26-30-24-28(2)45-34(30)38/h23-24,27-28,31-32,35-36H,3-22,25-26H2,1-2H3/t27-,28-,31?,32?/m0/s1. The highest BCUT2D eigenvalue weighted by Gasteiger charge is 2.25. The van der Waals surface area contributed by atoms with Crippen molar-refractivity contribution in [2.75, 3.05) is 66.1 Å². The van der Waals surface area contributed by atoms with Gasteiger partial charge in [-0.05, 0) is 51.7 Å². The zero-order valence-corrected chi connectivity index (χ0v) is 27.6. The number of esters is 2. The van der Waals surface area contributed by atoms with Crippen LogP contribution in [0.25, 0.3) is 0 Å². The maximum Gasteiger partial charge on any atom is 0.334 e. The molecule has 0 saturated carbocycles. The van der Waals surface area contributed by atoms with Crippen molar-refractivity contribution in [2.24, 2.45) is 0 Å². The molecule has 0 bridgehead atoms. The fraction of sp³-hybridized carbons (Fsp3) is 0.824. The number of hydrogen-bond donors (Lipinski definition) is 2. The number of cyclic esters (lactones) is 2. The first kappa shape index (κ1) is 39.3. The molecule has 0 radical (unpaired) electrons. The maximum atomic E-state index is 11.6. The molecule has 0 aromatic heterocycles. The van der Waals surface area contributed by atoms with Crippen LogP contribution in [-0.2, 0) is 42.7 Å². The normalized spacial score (nSPS) is 19.4. The molecule has 0 spiro atoms. The Morgan fingerprint density at radius 1 is 0.533 bits per heavy atom. The van der Waals surface area contributed by atoms with Gasteiger partial charge in [-0.3, -0.25) is 0 Å². The van der Waals surface area contributed by atoms with E-state index < -0.39 is 12.2 Å². The molecule has 0 aromatic carbocycles. The highest BCUT2D eigenvalue weighted by molar-refractivity contribution is 5.91. The number of aliphatic hydroxyl groups excluding tert-OH is 2. The summed E-state index contributed by atoms with van der Waals surface area (Å²) in [4.78, 5) is 23.2. The maximum absolute atomic E-state index is 11.6. The van der Waals surface area contributed by atoms with E-state index in [0.29, 0.717) is 103 Å². The smallest absolute Gasteiger partial charge is 0.334 e. The summed E-state index contributed by atoms with van der Waals surface area (Å²) in [6.45, 7) is 9.32. The molecule has 2 unspecified atom stereocenters. The van der Waals surface area contributed by atoms with E-state index in [1.165, 1.54) is 0 Å². The van der Waals surface area contributed by atoms with Gasteiger partial charge in [0.1, 0.15) is 12.2 Å². The van der Waals surface area contributed by atoms with Crippen LogP contribution in [0.5, 0.6) is 0 Å². The molecule has 2 aliphatic heterocycles. The minimum absolute atomic E-state index is 0.184. The van der Waals surface area contributed by atoms with Crippen LogP contribution in [-0.4, -0.2) is 113 Å². The second-order valence-electron chi connectivity index (χ2n) is 11.8. The SMILES string of the molecule is C[C@H]1C=C(CC(O)CCCCCCOCCOCCOCCOCCOCCCCCCC(O)CC2=C[C@H](C)OC2=O)C(=O)O1. The van der Waals surface area contributed by atoms with E-state index >= 15 is 0 Å². The van der Waals surface area contributed by atoms with Crippen molar-refractivity contribution in [3.05, 3.63) is 23.3 Å². The van der Waals surface area contributed by atoms with Crippen molar-refractivity contribution in [2.45, 2.75) is 115 Å². The first-order valence-corrected chi connectivity index (χ1v) is 16.9. The molecule has 0 saturated heterocycles. The third-order valence-electron chi connectivity index (χ3n) is 7.53. The molecular formula is C34H58O11. The van der Waals surface area contributed by atoms with Gasteiger partial charge in [-0.1, -0.05) is 38.5 Å². The Bertz CT molecular complexity index is 791. The lowest BCUT2D eigenvalue weighted by Crippen LogP contribution is -2.13. The Morgan fingerprint density at radius 2 is 0.844 bits per heavy atom. The summed E-state index contributed by atoms with van der Waals surface area (Å²) in [5, 5.41) is 20.2. The molecule has 45 heavy (non-hydrogen) atoms. The molecule has 0 aromatic rings. The Kier molecular flexibility index (Phi) is 22.1. The second kappa shape index (κ2) is 25.3. The van der Waals surface area contributed by atoms with Gasteiger partial charge in [0.05, 0.1) is 65.1 Å². The van der Waals surface area contributed by atoms with Crippen LogP contribution < -0.4 is 0 Å². The quantitative estimate of drug-likeness (QED) is 0.0860. The van der Waals surface area contributed by atoms with Crippen molar-refractivity contribution in [1.29, 1.82) is 0 Å². The van der Waals surface area contributed by atoms with Gasteiger partial charge in [-0.2, -0.15) is 0 Å². The lowest BCUT2D eigenvalue weighted by molar-refractivity contribution is -0.140. The number of aliphatic hydroxyl groups is 2. The van der Waals surface area contributed by atoms with E-state index in [1.807, 2.05) is 13.8 Å². The first-order valence-electron chi connectivity index (χ1n) is 16.9. The molecule has 2 rings (SSSR count). The summed E-state index contributed by atoms with van der Waals surface area (Å²) in [6, 6.07) is 0. The van der Waals surface area contributed by atoms with Crippen molar-refractivity contribution >= 4 is 11.9 Å². The van der Waals surface area contributed by atoms with Crippen molar-refractivity contribution in [3.63, 3.8) is 0 Å². The second-order valence-corrected chi connectivity index (χ2v) is 11.8. The van der Waals surface area contributed by atoms with Gasteiger partial charge in [-0.25, -0.2) is 9.59 Å². The third kappa shape index (κ3) is 20.1. The fourth-order valence-electron chi connectivity index (χ4n) is 5.13. The van der Waals surface area contributed by atoms with Gasteiger partial charge in [0, 0.05) is 37.2 Å². The highest BCUT2D eigenvalue weighted by Crippen LogP contribution is 2.21. The summed E-state index contributed by atoms with van der Waals surface area (Å²) in [7, 11) is 0. The van der Waals surface area contributed by atoms with Crippen LogP contribution in [0.3, 0.4) is 0 Å². The largest absolute Gasteiger partial charge is 0.455 e. The zero-order chi connectivity index (χ0) is 32.5. The third-order valence-corrected chi connectivity index (χ3v) is 7.53. The molecule has 260 valence electrons. The van der Waals surface area contributed by atoms with Gasteiger partial charge < -0.3 is 43.4 Å². The van der Waals surface area contributed by atoms with E-state index in [1.54, 1.807) is 12.2 Å². The average Bonchev–Trinajstić information content (AvgIpc) is 3.49. The monoisotopic (exact) mass is 642 g/mol. The lowest BCUT2D eigenvalue weighted by Gasteiger charge is -2.10. The van der Waals surface area contributed by atoms with Crippen molar-refractivity contribution < 1.29 is 53.0 Å². The van der Waals surface area contributed by atoms with Gasteiger partial charge >= 0.3 is 11.9 Å². The number of carbonyl (C=O) groups excluding carboxylic acids is 2. The Labute approximate surface area is 269 Å². The lowest BCUT2D eigenvalue weighted by atomic mass is 10.0. The predicted octanol–water partition coefficient (Wildman–Crippen LogP) is 4.22. The summed E-state index contributed by atoms with van der Waals surface area (Å²) in [6.07, 6.45) is 12.3. The van der Waals surface area contributed by atoms with Crippen LogP contribution >= 0.6 is 0 Å². The molecule has 0 amide bonds. The summed E-state index contributed by atoms with van der Waals surface area (Å²) in [5.41, 5.74) is 1.18. The zero-order valence-electron chi connectivity index (χ0n) is 27.6. The van der Waals surface area contributed by atoms with Crippen LogP contribution in [0.1, 0.15) is 90.9 Å². The number of carbonyl (C=O) groups is 2. The molecule has 2 heterocycles. The number of ether oxygens (including phenoxy) is 7. The molecule has 2 aliphatic rings. The van der Waals surface area contributed by atoms with E-state index in [0.717, 1.165) is 51.4 Å². The molecule has 0 aliphatic carbocycles. The van der Waals surface area contributed by atoms with Gasteiger partial charge in [0.15, 0.2) is 0 Å². The highest BCUT2D eigenvalue weighted by atomic mass is 16.6. The summed E-state index contributed by atoms with van der Waals surface area (Å²) < 4.78 is 37.9. The minimum atomic E-state index is -0.494. The number of rotatable bonds is 30. The fourth-order valence-corrected chi connectivity index (χ4v) is 5.13. The number of hydrogen-bond acceptors (Lipinski definition) is 11. The predicted molar refractivity (Wildman–Crippen MR) is 169 cm³/mol.